The fourth-order valence-electron chi connectivity index (χ4n) is 4.03. The lowest BCUT2D eigenvalue weighted by Gasteiger charge is -2.28. The molecule has 1 aromatic heterocycles. The molecule has 8 heteroatoms. The number of rotatable bonds is 4. The number of carbonyl (C=O) groups excluding carboxylic acids is 3. The number of nitrogens with one attached hydrogen (secondary N) is 4. The van der Waals surface area contributed by atoms with E-state index in [1.54, 1.807) is 6.92 Å². The number of nitrogens with zero attached hydrogens (tertiary/aromatic N) is 1. The van der Waals surface area contributed by atoms with Crippen molar-refractivity contribution in [2.75, 3.05) is 7.05 Å². The summed E-state index contributed by atoms with van der Waals surface area (Å²) in [6, 6.07) is 11.8. The number of H-pyrrole nitrogens is 1. The van der Waals surface area contributed by atoms with Gasteiger partial charge in [-0.05, 0) is 50.4 Å². The molecule has 1 aromatic carbocycles. The number of aromatic nitrogens is 1. The Morgan fingerprint density at radius 3 is 2.33 bits per heavy atom. The summed E-state index contributed by atoms with van der Waals surface area (Å²) in [5.41, 5.74) is 2.86. The molecule has 1 aliphatic heterocycles. The summed E-state index contributed by atoms with van der Waals surface area (Å²) in [7, 11) is 1.90. The molecule has 3 amide bonds. The number of amides is 3. The van der Waals surface area contributed by atoms with Gasteiger partial charge in [-0.25, -0.2) is 0 Å². The number of carbonyl (C=O) groups is 3. The van der Waals surface area contributed by atoms with E-state index in [0.717, 1.165) is 17.0 Å². The average molecular weight is 454 g/mol. The second kappa shape index (κ2) is 11.1. The number of benzene rings is 1. The van der Waals surface area contributed by atoms with Crippen molar-refractivity contribution >= 4 is 17.7 Å². The first-order valence-electron chi connectivity index (χ1n) is 11.5. The minimum Gasteiger partial charge on any atom is -0.360 e. The minimum absolute atomic E-state index is 0.217. The van der Waals surface area contributed by atoms with Crippen molar-refractivity contribution in [2.24, 2.45) is 5.92 Å². The third-order valence-corrected chi connectivity index (χ3v) is 5.88. The zero-order valence-electron chi connectivity index (χ0n) is 19.9. The molecule has 0 radical (unpaired) electrons. The van der Waals surface area contributed by atoms with E-state index in [0.29, 0.717) is 25.9 Å². The molecule has 3 rings (SSSR count). The van der Waals surface area contributed by atoms with Crippen LogP contribution < -0.4 is 16.0 Å². The molecule has 0 spiro atoms. The minimum atomic E-state index is -0.770. The molecule has 3 atom stereocenters. The van der Waals surface area contributed by atoms with Gasteiger partial charge in [0.05, 0.1) is 12.6 Å². The van der Waals surface area contributed by atoms with Crippen molar-refractivity contribution in [2.45, 2.75) is 64.8 Å². The van der Waals surface area contributed by atoms with E-state index in [-0.39, 0.29) is 23.6 Å². The lowest BCUT2D eigenvalue weighted by molar-refractivity contribution is -0.133. The first kappa shape index (κ1) is 24.5. The largest absolute Gasteiger partial charge is 0.360 e. The summed E-state index contributed by atoms with van der Waals surface area (Å²) >= 11 is 0. The normalized spacial score (nSPS) is 23.3. The Balaban J connectivity index is 1.87. The Bertz CT molecular complexity index is 956. The predicted octanol–water partition coefficient (Wildman–Crippen LogP) is 1.72. The van der Waals surface area contributed by atoms with Crippen LogP contribution in [0.3, 0.4) is 0 Å². The smallest absolute Gasteiger partial charge is 0.242 e. The van der Waals surface area contributed by atoms with Gasteiger partial charge in [0, 0.05) is 17.9 Å². The maximum atomic E-state index is 13.3. The van der Waals surface area contributed by atoms with Gasteiger partial charge in [-0.3, -0.25) is 19.3 Å². The highest BCUT2D eigenvalue weighted by molar-refractivity contribution is 5.92. The predicted molar refractivity (Wildman–Crippen MR) is 127 cm³/mol. The molecule has 178 valence electrons. The van der Waals surface area contributed by atoms with E-state index >= 15 is 0 Å². The molecule has 0 aliphatic carbocycles. The molecule has 0 saturated heterocycles. The van der Waals surface area contributed by atoms with Gasteiger partial charge in [0.1, 0.15) is 12.1 Å². The Kier molecular flexibility index (Phi) is 8.27. The standard InChI is InChI=1S/C25H35N5O3/c1-16(2)12-21-24(32)26-14-19-10-11-20(28-19)15-30(4)22(13-18-8-6-5-7-9-18)25(33)27-17(3)23(31)29-21/h5-11,16-17,21-22,28H,12-15H2,1-4H3,(H,26,32)(H,27,33)(H,29,31)/t17-,21-,22-/m0/s1. The maximum Gasteiger partial charge on any atom is 0.242 e. The number of likely N-dealkylation sites (N-methyl/N-ethyl adjacent to an activating group) is 1. The van der Waals surface area contributed by atoms with Crippen molar-refractivity contribution < 1.29 is 14.4 Å². The third kappa shape index (κ3) is 6.92. The first-order chi connectivity index (χ1) is 15.7. The molecule has 4 N–H and O–H groups in total. The molecule has 2 bridgehead atoms. The highest BCUT2D eigenvalue weighted by atomic mass is 16.2. The van der Waals surface area contributed by atoms with E-state index in [1.165, 1.54) is 0 Å². The zero-order chi connectivity index (χ0) is 24.0. The van der Waals surface area contributed by atoms with Crippen molar-refractivity contribution in [3.05, 3.63) is 59.4 Å². The monoisotopic (exact) mass is 453 g/mol. The highest BCUT2D eigenvalue weighted by Gasteiger charge is 2.29. The zero-order valence-corrected chi connectivity index (χ0v) is 19.9. The fourth-order valence-corrected chi connectivity index (χ4v) is 4.03. The van der Waals surface area contributed by atoms with Crippen LogP contribution in [-0.2, 0) is 33.9 Å². The molecule has 0 saturated carbocycles. The van der Waals surface area contributed by atoms with E-state index in [2.05, 4.69) is 20.9 Å². The van der Waals surface area contributed by atoms with E-state index in [4.69, 9.17) is 0 Å². The molecular formula is C25H35N5O3. The van der Waals surface area contributed by atoms with Gasteiger partial charge in [0.2, 0.25) is 17.7 Å². The van der Waals surface area contributed by atoms with Gasteiger partial charge in [-0.2, -0.15) is 0 Å². The molecule has 1 aliphatic rings. The van der Waals surface area contributed by atoms with Gasteiger partial charge in [0.25, 0.3) is 0 Å². The van der Waals surface area contributed by atoms with Crippen molar-refractivity contribution in [1.82, 2.24) is 25.8 Å². The summed E-state index contributed by atoms with van der Waals surface area (Å²) in [6.07, 6.45) is 1.02. The molecule has 0 fully saturated rings. The Morgan fingerprint density at radius 1 is 0.939 bits per heavy atom. The topological polar surface area (TPSA) is 106 Å². The molecular weight excluding hydrogens is 418 g/mol. The Hall–Kier alpha value is -3.13. The molecule has 2 heterocycles. The van der Waals surface area contributed by atoms with Crippen LogP contribution in [0.5, 0.6) is 0 Å². The Labute approximate surface area is 195 Å². The molecule has 8 nitrogen and oxygen atoms in total. The van der Waals surface area contributed by atoms with Crippen LogP contribution in [0.25, 0.3) is 0 Å². The van der Waals surface area contributed by atoms with Crippen LogP contribution >= 0.6 is 0 Å². The number of hydrogen-bond acceptors (Lipinski definition) is 4. The van der Waals surface area contributed by atoms with Crippen LogP contribution in [0, 0.1) is 5.92 Å². The van der Waals surface area contributed by atoms with Crippen LogP contribution in [0.1, 0.15) is 44.1 Å². The quantitative estimate of drug-likeness (QED) is 0.566. The second-order valence-corrected chi connectivity index (χ2v) is 9.27. The van der Waals surface area contributed by atoms with Crippen molar-refractivity contribution in [3.8, 4) is 0 Å². The van der Waals surface area contributed by atoms with E-state index < -0.39 is 18.1 Å². The van der Waals surface area contributed by atoms with Gasteiger partial charge < -0.3 is 20.9 Å². The van der Waals surface area contributed by atoms with Crippen molar-refractivity contribution in [1.29, 1.82) is 0 Å². The van der Waals surface area contributed by atoms with Gasteiger partial charge in [-0.15, -0.1) is 0 Å². The Morgan fingerprint density at radius 2 is 1.64 bits per heavy atom. The summed E-state index contributed by atoms with van der Waals surface area (Å²) in [4.78, 5) is 44.2. The maximum absolute atomic E-state index is 13.3. The summed E-state index contributed by atoms with van der Waals surface area (Å²) in [5, 5.41) is 8.59. The van der Waals surface area contributed by atoms with Gasteiger partial charge >= 0.3 is 0 Å². The van der Waals surface area contributed by atoms with E-state index in [1.807, 2.05) is 68.3 Å². The van der Waals surface area contributed by atoms with Crippen LogP contribution in [-0.4, -0.2) is 52.8 Å². The van der Waals surface area contributed by atoms with Crippen molar-refractivity contribution in [3.63, 3.8) is 0 Å². The summed E-state index contributed by atoms with van der Waals surface area (Å²) < 4.78 is 0. The molecule has 33 heavy (non-hydrogen) atoms. The fraction of sp³-hybridized carbons (Fsp3) is 0.480. The summed E-state index contributed by atoms with van der Waals surface area (Å²) in [5.74, 6) is -0.619. The second-order valence-electron chi connectivity index (χ2n) is 9.27. The number of hydrogen-bond donors (Lipinski definition) is 4. The van der Waals surface area contributed by atoms with Crippen LogP contribution in [0.4, 0.5) is 0 Å². The average Bonchev–Trinajstić information content (AvgIpc) is 3.22. The van der Waals surface area contributed by atoms with Crippen LogP contribution in [0.2, 0.25) is 0 Å². The SMILES string of the molecule is CC(C)C[C@@H]1NC(=O)[C@H](C)NC(=O)[C@H](Cc2ccccc2)N(C)Cc2ccc([nH]2)CNC1=O. The van der Waals surface area contributed by atoms with Crippen LogP contribution in [0.15, 0.2) is 42.5 Å². The lowest BCUT2D eigenvalue weighted by atomic mass is 10.0. The van der Waals surface area contributed by atoms with E-state index in [9.17, 15) is 14.4 Å². The summed E-state index contributed by atoms with van der Waals surface area (Å²) in [6.45, 7) is 6.51. The number of fused-ring (bicyclic) bond motifs is 2. The number of aromatic amines is 1. The van der Waals surface area contributed by atoms with Gasteiger partial charge in [-0.1, -0.05) is 44.2 Å². The molecule has 2 aromatic rings. The molecule has 0 unspecified atom stereocenters. The van der Waals surface area contributed by atoms with Gasteiger partial charge in [0.15, 0.2) is 0 Å². The highest BCUT2D eigenvalue weighted by Crippen LogP contribution is 2.14. The lowest BCUT2D eigenvalue weighted by Crippen LogP contribution is -2.55. The third-order valence-electron chi connectivity index (χ3n) is 5.88. The first-order valence-corrected chi connectivity index (χ1v) is 11.5.